The van der Waals surface area contributed by atoms with Crippen molar-refractivity contribution in [3.05, 3.63) is 96.9 Å². The molecule has 0 saturated heterocycles. The summed E-state index contributed by atoms with van der Waals surface area (Å²) in [5, 5.41) is 25.9. The van der Waals surface area contributed by atoms with Crippen molar-refractivity contribution in [2.75, 3.05) is 0 Å². The third-order valence-corrected chi connectivity index (χ3v) is 6.25. The fourth-order valence-electron chi connectivity index (χ4n) is 3.46. The van der Waals surface area contributed by atoms with Gasteiger partial charge in [0.2, 0.25) is 5.13 Å². The van der Waals surface area contributed by atoms with Crippen LogP contribution in [0.4, 0.5) is 16.5 Å². The summed E-state index contributed by atoms with van der Waals surface area (Å²) in [4.78, 5) is 34.6. The van der Waals surface area contributed by atoms with Gasteiger partial charge in [-0.2, -0.15) is 0 Å². The first-order chi connectivity index (χ1) is 16.4. The zero-order valence-corrected chi connectivity index (χ0v) is 18.7. The lowest BCUT2D eigenvalue weighted by atomic mass is 10.1. The number of rotatable bonds is 5. The van der Waals surface area contributed by atoms with Crippen LogP contribution in [0.5, 0.6) is 0 Å². The van der Waals surface area contributed by atoms with Crippen molar-refractivity contribution in [3.63, 3.8) is 0 Å². The standard InChI is InChI=1S/C23H12ClN5O4S/c24-22-17-9-14(4-6-19(17)26-20-7-5-16(29(32)33)10-18(20)22)21-12-34-23(27-21)25-11-13-2-1-3-15(8-13)28(30)31/h1-12H/b25-11+. The van der Waals surface area contributed by atoms with Crippen LogP contribution >= 0.6 is 22.9 Å². The van der Waals surface area contributed by atoms with Gasteiger partial charge in [0.1, 0.15) is 0 Å². The number of benzene rings is 3. The van der Waals surface area contributed by atoms with Crippen LogP contribution in [0.1, 0.15) is 5.56 Å². The topological polar surface area (TPSA) is 124 Å². The number of pyridine rings is 1. The van der Waals surface area contributed by atoms with Crippen molar-refractivity contribution in [2.45, 2.75) is 0 Å². The molecule has 0 fully saturated rings. The normalized spacial score (nSPS) is 11.4. The van der Waals surface area contributed by atoms with Crippen LogP contribution in [0.25, 0.3) is 33.1 Å². The highest BCUT2D eigenvalue weighted by atomic mass is 35.5. The van der Waals surface area contributed by atoms with Crippen LogP contribution in [-0.4, -0.2) is 26.0 Å². The Balaban J connectivity index is 1.49. The van der Waals surface area contributed by atoms with Gasteiger partial charge >= 0.3 is 0 Å². The van der Waals surface area contributed by atoms with Crippen LogP contribution in [0, 0.1) is 20.2 Å². The minimum Gasteiger partial charge on any atom is -0.258 e. The second-order valence-corrected chi connectivity index (χ2v) is 8.46. The number of hydrogen-bond acceptors (Lipinski definition) is 8. The van der Waals surface area contributed by atoms with Crippen LogP contribution in [0.15, 0.2) is 71.0 Å². The zero-order valence-electron chi connectivity index (χ0n) is 17.1. The van der Waals surface area contributed by atoms with Crippen LogP contribution in [-0.2, 0) is 0 Å². The lowest BCUT2D eigenvalue weighted by Gasteiger charge is -2.07. The molecular weight excluding hydrogens is 478 g/mol. The van der Waals surface area contributed by atoms with Crippen molar-refractivity contribution >= 4 is 67.5 Å². The van der Waals surface area contributed by atoms with Gasteiger partial charge in [-0.25, -0.2) is 15.0 Å². The molecule has 34 heavy (non-hydrogen) atoms. The van der Waals surface area contributed by atoms with E-state index in [1.165, 1.54) is 41.8 Å². The quantitative estimate of drug-likeness (QED) is 0.116. The number of halogens is 1. The number of nitro benzene ring substituents is 2. The van der Waals surface area contributed by atoms with Crippen molar-refractivity contribution in [1.82, 2.24) is 9.97 Å². The molecule has 0 aliphatic carbocycles. The number of aromatic nitrogens is 2. The number of nitrogens with zero attached hydrogens (tertiary/aromatic N) is 5. The Morgan fingerprint density at radius 1 is 0.882 bits per heavy atom. The number of non-ortho nitro benzene ring substituents is 2. The van der Waals surface area contributed by atoms with Crippen molar-refractivity contribution in [1.29, 1.82) is 0 Å². The Morgan fingerprint density at radius 3 is 2.35 bits per heavy atom. The second kappa shape index (κ2) is 8.58. The Labute approximate surface area is 200 Å². The van der Waals surface area contributed by atoms with Crippen molar-refractivity contribution < 1.29 is 9.85 Å². The maximum absolute atomic E-state index is 11.1. The van der Waals surface area contributed by atoms with Gasteiger partial charge in [-0.1, -0.05) is 29.8 Å². The van der Waals surface area contributed by atoms with E-state index in [0.29, 0.717) is 43.2 Å². The first-order valence-corrected chi connectivity index (χ1v) is 11.1. The number of fused-ring (bicyclic) bond motifs is 2. The molecule has 166 valence electrons. The van der Waals surface area contributed by atoms with Crippen LogP contribution in [0.3, 0.4) is 0 Å². The SMILES string of the molecule is O=[N+]([O-])c1cccc(/C=N/c2nc(-c3ccc4nc5ccc([N+](=O)[O-])cc5c(Cl)c4c3)cs2)c1. The van der Waals surface area contributed by atoms with Crippen molar-refractivity contribution in [2.24, 2.45) is 4.99 Å². The summed E-state index contributed by atoms with van der Waals surface area (Å²) in [6, 6.07) is 16.1. The highest BCUT2D eigenvalue weighted by molar-refractivity contribution is 7.13. The van der Waals surface area contributed by atoms with E-state index in [4.69, 9.17) is 11.6 Å². The lowest BCUT2D eigenvalue weighted by Crippen LogP contribution is -1.90. The fraction of sp³-hybridized carbons (Fsp3) is 0. The molecular formula is C23H12ClN5O4S. The third kappa shape index (κ3) is 4.07. The van der Waals surface area contributed by atoms with E-state index in [1.807, 2.05) is 23.6 Å². The maximum Gasteiger partial charge on any atom is 0.270 e. The smallest absolute Gasteiger partial charge is 0.258 e. The number of aliphatic imine (C=N–C) groups is 1. The summed E-state index contributed by atoms with van der Waals surface area (Å²) >= 11 is 7.94. The monoisotopic (exact) mass is 489 g/mol. The van der Waals surface area contributed by atoms with Gasteiger partial charge in [0, 0.05) is 52.2 Å². The third-order valence-electron chi connectivity index (χ3n) is 5.09. The van der Waals surface area contributed by atoms with E-state index in [-0.39, 0.29) is 11.4 Å². The molecule has 2 heterocycles. The Bertz CT molecular complexity index is 1650. The Morgan fingerprint density at radius 2 is 1.59 bits per heavy atom. The van der Waals surface area contributed by atoms with E-state index >= 15 is 0 Å². The predicted molar refractivity (Wildman–Crippen MR) is 132 cm³/mol. The zero-order chi connectivity index (χ0) is 23.8. The van der Waals surface area contributed by atoms with Gasteiger partial charge in [-0.3, -0.25) is 20.2 Å². The molecule has 0 aliphatic rings. The number of nitro groups is 2. The van der Waals surface area contributed by atoms with Gasteiger partial charge in [-0.05, 0) is 23.8 Å². The largest absolute Gasteiger partial charge is 0.270 e. The van der Waals surface area contributed by atoms with E-state index < -0.39 is 9.85 Å². The molecule has 5 rings (SSSR count). The average molecular weight is 490 g/mol. The molecule has 0 amide bonds. The molecule has 3 aromatic carbocycles. The maximum atomic E-state index is 11.1. The summed E-state index contributed by atoms with van der Waals surface area (Å²) < 4.78 is 0. The van der Waals surface area contributed by atoms with E-state index in [9.17, 15) is 20.2 Å². The van der Waals surface area contributed by atoms with Gasteiger partial charge in [0.15, 0.2) is 0 Å². The number of thiazole rings is 1. The first kappa shape index (κ1) is 21.6. The summed E-state index contributed by atoms with van der Waals surface area (Å²) in [5.41, 5.74) is 3.22. The minimum absolute atomic E-state index is 0.0108. The molecule has 5 aromatic rings. The highest BCUT2D eigenvalue weighted by Crippen LogP contribution is 2.35. The predicted octanol–water partition coefficient (Wildman–Crippen LogP) is 6.73. The van der Waals surface area contributed by atoms with E-state index in [2.05, 4.69) is 15.0 Å². The molecule has 0 unspecified atom stereocenters. The molecule has 0 radical (unpaired) electrons. The minimum atomic E-state index is -0.471. The van der Waals surface area contributed by atoms with Crippen LogP contribution < -0.4 is 0 Å². The molecule has 0 saturated carbocycles. The van der Waals surface area contributed by atoms with E-state index in [0.717, 1.165) is 5.56 Å². The van der Waals surface area contributed by atoms with E-state index in [1.54, 1.807) is 18.2 Å². The second-order valence-electron chi connectivity index (χ2n) is 7.24. The Kier molecular flexibility index (Phi) is 5.44. The lowest BCUT2D eigenvalue weighted by molar-refractivity contribution is -0.385. The number of hydrogen-bond donors (Lipinski definition) is 0. The first-order valence-electron chi connectivity index (χ1n) is 9.81. The molecule has 2 aromatic heterocycles. The highest BCUT2D eigenvalue weighted by Gasteiger charge is 2.14. The van der Waals surface area contributed by atoms with Gasteiger partial charge in [0.25, 0.3) is 11.4 Å². The van der Waals surface area contributed by atoms with Crippen molar-refractivity contribution in [3.8, 4) is 11.3 Å². The summed E-state index contributed by atoms with van der Waals surface area (Å²) in [7, 11) is 0. The van der Waals surface area contributed by atoms with Gasteiger partial charge in [0.05, 0.1) is 31.6 Å². The molecule has 0 N–H and O–H groups in total. The average Bonchev–Trinajstić information content (AvgIpc) is 3.32. The summed E-state index contributed by atoms with van der Waals surface area (Å²) in [6.45, 7) is 0. The fourth-order valence-corrected chi connectivity index (χ4v) is 4.43. The molecule has 0 aliphatic heterocycles. The molecule has 0 spiro atoms. The molecule has 9 nitrogen and oxygen atoms in total. The van der Waals surface area contributed by atoms with Crippen LogP contribution in [0.2, 0.25) is 5.02 Å². The molecule has 0 bridgehead atoms. The van der Waals surface area contributed by atoms with Gasteiger partial charge in [-0.15, -0.1) is 11.3 Å². The molecule has 0 atom stereocenters. The summed E-state index contributed by atoms with van der Waals surface area (Å²) in [5.74, 6) is 0. The Hall–Kier alpha value is -4.28. The van der Waals surface area contributed by atoms with Gasteiger partial charge < -0.3 is 0 Å². The summed E-state index contributed by atoms with van der Waals surface area (Å²) in [6.07, 6.45) is 1.52. The molecule has 11 heteroatoms.